The molecule has 2 aliphatic rings. The van der Waals surface area contributed by atoms with E-state index >= 15 is 0 Å². The zero-order chi connectivity index (χ0) is 27.8. The van der Waals surface area contributed by atoms with Gasteiger partial charge in [0.05, 0.1) is 24.3 Å². The smallest absolute Gasteiger partial charge is 0.242 e. The highest BCUT2D eigenvalue weighted by Crippen LogP contribution is 2.44. The summed E-state index contributed by atoms with van der Waals surface area (Å²) in [6.07, 6.45) is -0.00551. The van der Waals surface area contributed by atoms with E-state index in [4.69, 9.17) is 18.9 Å². The number of rotatable bonds is 9. The van der Waals surface area contributed by atoms with Crippen molar-refractivity contribution in [1.29, 1.82) is 0 Å². The predicted molar refractivity (Wildman–Crippen MR) is 142 cm³/mol. The molecule has 0 aliphatic carbocycles. The van der Waals surface area contributed by atoms with Crippen molar-refractivity contribution >= 4 is 15.9 Å². The van der Waals surface area contributed by atoms with E-state index in [9.17, 15) is 18.3 Å². The number of sulfonamides is 1. The standard InChI is InChI=1S/C28H30N2O8S/c1-17-21(11-12-26(29-17)35-14-13-28(2,3)32)38-22-6-4-5-20-23(16-36-27(20)22)37-19-9-7-18(8-10-19)24-15-25(31)30-39(24,33)34/h4-12,23-24,32H,13-16H2,1-3H3,(H,30,31)/t23-,24?/m1/s1. The van der Waals surface area contributed by atoms with Crippen molar-refractivity contribution in [2.45, 2.75) is 50.6 Å². The number of hydrogen-bond acceptors (Lipinski definition) is 9. The Bertz CT molecular complexity index is 1480. The van der Waals surface area contributed by atoms with Crippen LogP contribution in [0.3, 0.4) is 0 Å². The van der Waals surface area contributed by atoms with Crippen molar-refractivity contribution in [1.82, 2.24) is 9.71 Å². The first kappa shape index (κ1) is 26.8. The molecule has 3 heterocycles. The van der Waals surface area contributed by atoms with E-state index in [0.717, 1.165) is 5.56 Å². The maximum Gasteiger partial charge on any atom is 0.242 e. The Labute approximate surface area is 226 Å². The second-order valence-electron chi connectivity index (χ2n) is 10.2. The third kappa shape index (κ3) is 6.10. The van der Waals surface area contributed by atoms with Crippen molar-refractivity contribution in [3.05, 3.63) is 71.4 Å². The molecule has 1 amide bonds. The summed E-state index contributed by atoms with van der Waals surface area (Å²) in [5.74, 6) is 2.14. The number of amides is 1. The number of aliphatic hydroxyl groups is 1. The van der Waals surface area contributed by atoms with Crippen LogP contribution in [-0.4, -0.2) is 43.2 Å². The van der Waals surface area contributed by atoms with Gasteiger partial charge in [0.1, 0.15) is 23.4 Å². The normalized spacial score (nSPS) is 19.6. The summed E-state index contributed by atoms with van der Waals surface area (Å²) >= 11 is 0. The summed E-state index contributed by atoms with van der Waals surface area (Å²) < 4.78 is 50.2. The number of aromatic nitrogens is 1. The number of ether oxygens (including phenoxy) is 4. The van der Waals surface area contributed by atoms with Crippen LogP contribution in [0.25, 0.3) is 0 Å². The largest absolute Gasteiger partial charge is 0.485 e. The molecule has 10 nitrogen and oxygen atoms in total. The molecule has 206 valence electrons. The van der Waals surface area contributed by atoms with E-state index < -0.39 is 32.9 Å². The number of hydrogen-bond donors (Lipinski definition) is 2. The van der Waals surface area contributed by atoms with Crippen molar-refractivity contribution in [2.75, 3.05) is 13.2 Å². The zero-order valence-electron chi connectivity index (χ0n) is 21.8. The van der Waals surface area contributed by atoms with Crippen molar-refractivity contribution in [3.8, 4) is 28.9 Å². The molecule has 2 N–H and O–H groups in total. The molecule has 5 rings (SSSR count). The number of carbonyl (C=O) groups excluding carboxylic acids is 1. The van der Waals surface area contributed by atoms with Gasteiger partial charge < -0.3 is 24.1 Å². The number of nitrogens with one attached hydrogen (secondary N) is 1. The fourth-order valence-electron chi connectivity index (χ4n) is 4.38. The highest BCUT2D eigenvalue weighted by Gasteiger charge is 2.38. The molecule has 0 saturated carbocycles. The predicted octanol–water partition coefficient (Wildman–Crippen LogP) is 4.13. The summed E-state index contributed by atoms with van der Waals surface area (Å²) in [4.78, 5) is 16.0. The maximum absolute atomic E-state index is 12.1. The summed E-state index contributed by atoms with van der Waals surface area (Å²) in [6.45, 7) is 5.90. The molecule has 39 heavy (non-hydrogen) atoms. The molecule has 2 aromatic carbocycles. The molecule has 2 aliphatic heterocycles. The van der Waals surface area contributed by atoms with Crippen LogP contribution in [0.15, 0.2) is 54.6 Å². The second kappa shape index (κ2) is 10.4. The maximum atomic E-state index is 12.1. The Morgan fingerprint density at radius 2 is 1.87 bits per heavy atom. The number of para-hydroxylation sites is 1. The Morgan fingerprint density at radius 1 is 1.10 bits per heavy atom. The molecule has 0 radical (unpaired) electrons. The number of aryl methyl sites for hydroxylation is 1. The summed E-state index contributed by atoms with van der Waals surface area (Å²) in [6, 6.07) is 15.7. The highest BCUT2D eigenvalue weighted by molar-refractivity contribution is 7.90. The first-order chi connectivity index (χ1) is 18.5. The van der Waals surface area contributed by atoms with E-state index in [1.807, 2.05) is 23.8 Å². The van der Waals surface area contributed by atoms with Crippen molar-refractivity contribution < 1.29 is 37.3 Å². The highest BCUT2D eigenvalue weighted by atomic mass is 32.2. The Hall–Kier alpha value is -3.83. The molecule has 2 atom stereocenters. The van der Waals surface area contributed by atoms with Gasteiger partial charge in [0.2, 0.25) is 21.8 Å². The van der Waals surface area contributed by atoms with Gasteiger partial charge in [0, 0.05) is 18.1 Å². The SMILES string of the molecule is Cc1nc(OCCC(C)(C)O)ccc1Oc1cccc2c1OC[C@H]2Oc1ccc(C2CC(=O)NS2(=O)=O)cc1. The van der Waals surface area contributed by atoms with Crippen LogP contribution in [0.5, 0.6) is 28.9 Å². The lowest BCUT2D eigenvalue weighted by Gasteiger charge is -2.17. The van der Waals surface area contributed by atoms with Crippen molar-refractivity contribution in [2.24, 2.45) is 0 Å². The number of benzene rings is 2. The van der Waals surface area contributed by atoms with E-state index in [0.29, 0.717) is 53.2 Å². The molecule has 3 aromatic rings. The van der Waals surface area contributed by atoms with E-state index in [-0.39, 0.29) is 13.0 Å². The van der Waals surface area contributed by atoms with Crippen LogP contribution in [0.1, 0.15) is 54.9 Å². The fraction of sp³-hybridized carbons (Fsp3) is 0.357. The zero-order valence-corrected chi connectivity index (χ0v) is 22.7. The van der Waals surface area contributed by atoms with Crippen LogP contribution in [0.4, 0.5) is 0 Å². The average molecular weight is 555 g/mol. The lowest BCUT2D eigenvalue weighted by atomic mass is 10.1. The van der Waals surface area contributed by atoms with Gasteiger partial charge in [-0.1, -0.05) is 24.3 Å². The van der Waals surface area contributed by atoms with Crippen LogP contribution >= 0.6 is 0 Å². The topological polar surface area (TPSA) is 133 Å². The molecule has 1 fully saturated rings. The fourth-order valence-corrected chi connectivity index (χ4v) is 5.81. The molecule has 1 unspecified atom stereocenters. The Balaban J connectivity index is 1.25. The minimum atomic E-state index is -3.71. The Kier molecular flexibility index (Phi) is 7.13. The number of pyridine rings is 1. The van der Waals surface area contributed by atoms with Crippen LogP contribution < -0.4 is 23.7 Å². The molecule has 1 saturated heterocycles. The van der Waals surface area contributed by atoms with Gasteiger partial charge in [-0.3, -0.25) is 9.52 Å². The molecule has 1 aromatic heterocycles. The minimum absolute atomic E-state index is 0.0953. The van der Waals surface area contributed by atoms with Gasteiger partial charge in [-0.05, 0) is 50.6 Å². The van der Waals surface area contributed by atoms with Gasteiger partial charge >= 0.3 is 0 Å². The first-order valence-electron chi connectivity index (χ1n) is 12.6. The number of carbonyl (C=O) groups is 1. The quantitative estimate of drug-likeness (QED) is 0.401. The van der Waals surface area contributed by atoms with Crippen LogP contribution in [0, 0.1) is 6.92 Å². The lowest BCUT2D eigenvalue weighted by Crippen LogP contribution is -2.22. The second-order valence-corrected chi connectivity index (χ2v) is 12.0. The molecular weight excluding hydrogens is 524 g/mol. The monoisotopic (exact) mass is 554 g/mol. The van der Waals surface area contributed by atoms with Crippen LogP contribution in [-0.2, 0) is 14.8 Å². The summed E-state index contributed by atoms with van der Waals surface area (Å²) in [5.41, 5.74) is 1.17. The van der Waals surface area contributed by atoms with Gasteiger partial charge in [-0.15, -0.1) is 0 Å². The van der Waals surface area contributed by atoms with E-state index in [2.05, 4.69) is 4.98 Å². The van der Waals surface area contributed by atoms with Crippen molar-refractivity contribution in [3.63, 3.8) is 0 Å². The van der Waals surface area contributed by atoms with Gasteiger partial charge in [0.25, 0.3) is 0 Å². The average Bonchev–Trinajstić information content (AvgIpc) is 3.39. The molecule has 0 bridgehead atoms. The molecule has 0 spiro atoms. The Morgan fingerprint density at radius 3 is 2.54 bits per heavy atom. The molecule has 11 heteroatoms. The van der Waals surface area contributed by atoms with E-state index in [1.54, 1.807) is 56.3 Å². The van der Waals surface area contributed by atoms with Gasteiger partial charge in [0.15, 0.2) is 17.6 Å². The third-order valence-corrected chi connectivity index (χ3v) is 8.16. The number of fused-ring (bicyclic) bond motifs is 1. The minimum Gasteiger partial charge on any atom is -0.485 e. The van der Waals surface area contributed by atoms with Gasteiger partial charge in [-0.2, -0.15) is 0 Å². The first-order valence-corrected chi connectivity index (χ1v) is 14.1. The summed E-state index contributed by atoms with van der Waals surface area (Å²) in [5, 5.41) is 8.94. The molecular formula is C28H30N2O8S. The lowest BCUT2D eigenvalue weighted by molar-refractivity contribution is -0.118. The third-order valence-electron chi connectivity index (χ3n) is 6.46. The number of nitrogens with zero attached hydrogens (tertiary/aromatic N) is 1. The van der Waals surface area contributed by atoms with Crippen LogP contribution in [0.2, 0.25) is 0 Å². The van der Waals surface area contributed by atoms with Gasteiger partial charge in [-0.25, -0.2) is 13.4 Å². The van der Waals surface area contributed by atoms with E-state index in [1.165, 1.54) is 0 Å². The summed E-state index contributed by atoms with van der Waals surface area (Å²) in [7, 11) is -3.71.